The standard InChI is InChI=1S/C19H19ClN2O4/c1-11(23)26-14-5-7-16-13(8-14)10-19(2,3)18(21-16)12-4-6-15(20)17(9-12)22(24)25/h4-9,18,21H,10H2,1-3H3. The molecule has 0 aliphatic carbocycles. The molecule has 1 N–H and O–H groups in total. The van der Waals surface area contributed by atoms with Crippen LogP contribution in [0.5, 0.6) is 5.75 Å². The molecule has 7 heteroatoms. The van der Waals surface area contributed by atoms with Crippen LogP contribution in [0.3, 0.4) is 0 Å². The maximum atomic E-state index is 11.2. The normalized spacial score (nSPS) is 17.8. The van der Waals surface area contributed by atoms with Gasteiger partial charge in [0, 0.05) is 18.7 Å². The number of hydrogen-bond donors (Lipinski definition) is 1. The molecule has 6 nitrogen and oxygen atoms in total. The summed E-state index contributed by atoms with van der Waals surface area (Å²) in [7, 11) is 0. The Morgan fingerprint density at radius 2 is 2.04 bits per heavy atom. The van der Waals surface area contributed by atoms with Gasteiger partial charge in [0.2, 0.25) is 0 Å². The molecule has 1 unspecified atom stereocenters. The molecule has 1 atom stereocenters. The highest BCUT2D eigenvalue weighted by molar-refractivity contribution is 6.32. The first kappa shape index (κ1) is 18.2. The van der Waals surface area contributed by atoms with Crippen LogP contribution in [0.1, 0.15) is 37.9 Å². The number of carbonyl (C=O) groups excluding carboxylic acids is 1. The minimum Gasteiger partial charge on any atom is -0.427 e. The number of fused-ring (bicyclic) bond motifs is 1. The van der Waals surface area contributed by atoms with Crippen LogP contribution >= 0.6 is 11.6 Å². The summed E-state index contributed by atoms with van der Waals surface area (Å²) in [6.45, 7) is 5.55. The molecule has 0 radical (unpaired) electrons. The Labute approximate surface area is 156 Å². The molecule has 0 amide bonds. The Morgan fingerprint density at radius 1 is 1.31 bits per heavy atom. The van der Waals surface area contributed by atoms with Gasteiger partial charge < -0.3 is 10.1 Å². The third-order valence-electron chi connectivity index (χ3n) is 4.57. The average Bonchev–Trinajstić information content (AvgIpc) is 2.53. The Hall–Kier alpha value is -2.60. The number of esters is 1. The number of nitro groups is 1. The van der Waals surface area contributed by atoms with Gasteiger partial charge in [0.1, 0.15) is 10.8 Å². The molecule has 0 saturated carbocycles. The van der Waals surface area contributed by atoms with E-state index in [1.807, 2.05) is 18.2 Å². The molecular weight excluding hydrogens is 356 g/mol. The number of nitrogens with zero attached hydrogens (tertiary/aromatic N) is 1. The van der Waals surface area contributed by atoms with Gasteiger partial charge in [-0.05, 0) is 47.2 Å². The van der Waals surface area contributed by atoms with Crippen LogP contribution in [0.4, 0.5) is 11.4 Å². The fourth-order valence-electron chi connectivity index (χ4n) is 3.41. The molecule has 2 aromatic rings. The van der Waals surface area contributed by atoms with E-state index >= 15 is 0 Å². The maximum absolute atomic E-state index is 11.2. The lowest BCUT2D eigenvalue weighted by molar-refractivity contribution is -0.384. The minimum absolute atomic E-state index is 0.0993. The van der Waals surface area contributed by atoms with Crippen LogP contribution in [0.15, 0.2) is 36.4 Å². The van der Waals surface area contributed by atoms with Crippen molar-refractivity contribution < 1.29 is 14.5 Å². The van der Waals surface area contributed by atoms with Gasteiger partial charge in [-0.25, -0.2) is 0 Å². The third kappa shape index (κ3) is 3.51. The predicted molar refractivity (Wildman–Crippen MR) is 99.7 cm³/mol. The van der Waals surface area contributed by atoms with Crippen LogP contribution in [-0.2, 0) is 11.2 Å². The van der Waals surface area contributed by atoms with E-state index in [2.05, 4.69) is 19.2 Å². The van der Waals surface area contributed by atoms with Crippen molar-refractivity contribution in [1.29, 1.82) is 0 Å². The number of rotatable bonds is 3. The molecule has 0 spiro atoms. The SMILES string of the molecule is CC(=O)Oc1ccc2c(c1)CC(C)(C)C(c1ccc(Cl)c([N+](=O)[O-])c1)N2. The molecule has 1 heterocycles. The van der Waals surface area contributed by atoms with E-state index in [1.54, 1.807) is 12.1 Å². The lowest BCUT2D eigenvalue weighted by atomic mass is 9.73. The second kappa shape index (κ2) is 6.61. The highest BCUT2D eigenvalue weighted by atomic mass is 35.5. The summed E-state index contributed by atoms with van der Waals surface area (Å²) in [5.41, 5.74) is 2.44. The summed E-state index contributed by atoms with van der Waals surface area (Å²) in [4.78, 5) is 21.9. The number of hydrogen-bond acceptors (Lipinski definition) is 5. The Kier molecular flexibility index (Phi) is 4.63. The zero-order valence-corrected chi connectivity index (χ0v) is 15.5. The van der Waals surface area contributed by atoms with E-state index in [4.69, 9.17) is 16.3 Å². The zero-order valence-electron chi connectivity index (χ0n) is 14.7. The van der Waals surface area contributed by atoms with E-state index in [-0.39, 0.29) is 28.1 Å². The number of benzene rings is 2. The van der Waals surface area contributed by atoms with E-state index in [0.717, 1.165) is 23.2 Å². The minimum atomic E-state index is -0.471. The van der Waals surface area contributed by atoms with E-state index < -0.39 is 4.92 Å². The summed E-state index contributed by atoms with van der Waals surface area (Å²) in [5.74, 6) is 0.147. The van der Waals surface area contributed by atoms with Crippen LogP contribution < -0.4 is 10.1 Å². The number of nitrogens with one attached hydrogen (secondary N) is 1. The van der Waals surface area contributed by atoms with Crippen molar-refractivity contribution in [2.24, 2.45) is 5.41 Å². The summed E-state index contributed by atoms with van der Waals surface area (Å²) >= 11 is 5.94. The second-order valence-electron chi connectivity index (χ2n) is 7.12. The molecule has 136 valence electrons. The second-order valence-corrected chi connectivity index (χ2v) is 7.53. The van der Waals surface area contributed by atoms with Crippen LogP contribution in [0, 0.1) is 15.5 Å². The van der Waals surface area contributed by atoms with Gasteiger partial charge in [0.05, 0.1) is 11.0 Å². The number of halogens is 1. The molecule has 0 saturated heterocycles. The van der Waals surface area contributed by atoms with Gasteiger partial charge in [0.25, 0.3) is 5.69 Å². The van der Waals surface area contributed by atoms with Crippen molar-refractivity contribution >= 4 is 28.9 Å². The highest BCUT2D eigenvalue weighted by Gasteiger charge is 2.37. The van der Waals surface area contributed by atoms with Gasteiger partial charge in [-0.3, -0.25) is 14.9 Å². The van der Waals surface area contributed by atoms with Crippen LogP contribution in [0.2, 0.25) is 5.02 Å². The molecule has 1 aliphatic rings. The molecule has 1 aliphatic heterocycles. The van der Waals surface area contributed by atoms with Crippen molar-refractivity contribution in [3.63, 3.8) is 0 Å². The number of anilines is 1. The van der Waals surface area contributed by atoms with Crippen LogP contribution in [0.25, 0.3) is 0 Å². The summed E-state index contributed by atoms with van der Waals surface area (Å²) in [6, 6.07) is 10.2. The van der Waals surface area contributed by atoms with Crippen molar-refractivity contribution in [1.82, 2.24) is 0 Å². The first-order valence-electron chi connectivity index (χ1n) is 8.19. The molecule has 0 fully saturated rings. The first-order valence-corrected chi connectivity index (χ1v) is 8.57. The molecular formula is C19H19ClN2O4. The van der Waals surface area contributed by atoms with Gasteiger partial charge in [-0.15, -0.1) is 0 Å². The Morgan fingerprint density at radius 3 is 2.69 bits per heavy atom. The first-order chi connectivity index (χ1) is 12.2. The summed E-state index contributed by atoms with van der Waals surface area (Å²) in [6.07, 6.45) is 0.728. The average molecular weight is 375 g/mol. The largest absolute Gasteiger partial charge is 0.427 e. The monoisotopic (exact) mass is 374 g/mol. The van der Waals surface area contributed by atoms with Gasteiger partial charge >= 0.3 is 5.97 Å². The smallest absolute Gasteiger partial charge is 0.308 e. The molecule has 26 heavy (non-hydrogen) atoms. The van der Waals surface area contributed by atoms with Gasteiger partial charge in [-0.1, -0.05) is 31.5 Å². The fraction of sp³-hybridized carbons (Fsp3) is 0.316. The highest BCUT2D eigenvalue weighted by Crippen LogP contribution is 2.46. The molecule has 3 rings (SSSR count). The van der Waals surface area contributed by atoms with Gasteiger partial charge in [-0.2, -0.15) is 0 Å². The van der Waals surface area contributed by atoms with Crippen molar-refractivity contribution in [3.8, 4) is 5.75 Å². The van der Waals surface area contributed by atoms with Crippen molar-refractivity contribution in [2.45, 2.75) is 33.2 Å². The Bertz CT molecular complexity index is 895. The fourth-order valence-corrected chi connectivity index (χ4v) is 3.60. The van der Waals surface area contributed by atoms with E-state index in [9.17, 15) is 14.9 Å². The lowest BCUT2D eigenvalue weighted by Gasteiger charge is -2.41. The number of ether oxygens (including phenoxy) is 1. The topological polar surface area (TPSA) is 81.5 Å². The number of carbonyl (C=O) groups is 1. The molecule has 0 bridgehead atoms. The third-order valence-corrected chi connectivity index (χ3v) is 4.89. The molecule has 0 aromatic heterocycles. The van der Waals surface area contributed by atoms with Crippen molar-refractivity contribution in [2.75, 3.05) is 5.32 Å². The summed E-state index contributed by atoms with van der Waals surface area (Å²) in [5, 5.41) is 14.8. The lowest BCUT2D eigenvalue weighted by Crippen LogP contribution is -2.35. The quantitative estimate of drug-likeness (QED) is 0.357. The van der Waals surface area contributed by atoms with Gasteiger partial charge in [0.15, 0.2) is 0 Å². The molecule has 2 aromatic carbocycles. The zero-order chi connectivity index (χ0) is 19.1. The van der Waals surface area contributed by atoms with Crippen molar-refractivity contribution in [3.05, 3.63) is 62.7 Å². The van der Waals surface area contributed by atoms with Crippen LogP contribution in [-0.4, -0.2) is 10.9 Å². The van der Waals surface area contributed by atoms with E-state index in [0.29, 0.717) is 5.75 Å². The maximum Gasteiger partial charge on any atom is 0.308 e. The van der Waals surface area contributed by atoms with E-state index in [1.165, 1.54) is 13.0 Å². The predicted octanol–water partition coefficient (Wildman–Crippen LogP) is 4.91. The summed E-state index contributed by atoms with van der Waals surface area (Å²) < 4.78 is 5.16. The number of nitro benzene ring substituents is 1. The Balaban J connectivity index is 1.97.